The maximum atomic E-state index is 12.6. The van der Waals surface area contributed by atoms with E-state index in [0.717, 1.165) is 35.2 Å². The number of amides is 1. The molecule has 3 aromatic rings. The molecule has 1 amide bonds. The molecule has 29 heavy (non-hydrogen) atoms. The van der Waals surface area contributed by atoms with E-state index < -0.39 is 0 Å². The highest BCUT2D eigenvalue weighted by Crippen LogP contribution is 2.33. The number of nitrogens with zero attached hydrogens (tertiary/aromatic N) is 2. The summed E-state index contributed by atoms with van der Waals surface area (Å²) in [6, 6.07) is 10.9. The lowest BCUT2D eigenvalue weighted by Gasteiger charge is -2.07. The van der Waals surface area contributed by atoms with Crippen LogP contribution in [0.4, 0.5) is 0 Å². The molecule has 0 radical (unpaired) electrons. The Hall–Kier alpha value is -2.80. The summed E-state index contributed by atoms with van der Waals surface area (Å²) in [4.78, 5) is 17.6. The molecule has 2 aromatic carbocycles. The highest BCUT2D eigenvalue weighted by molar-refractivity contribution is 7.16. The first-order chi connectivity index (χ1) is 14.1. The standard InChI is InChI=1S/C22H26N2O4S/c1-5-6-7-12-28-16-10-8-15(9-11-16)21(25)23-22-24(2)17-13-18(26-3)19(27-4)14-20(17)29-22/h8-11,13-14H,5-7,12H2,1-4H3. The number of hydrogen-bond acceptors (Lipinski definition) is 5. The monoisotopic (exact) mass is 414 g/mol. The van der Waals surface area contributed by atoms with Gasteiger partial charge in [-0.3, -0.25) is 4.79 Å². The highest BCUT2D eigenvalue weighted by atomic mass is 32.1. The molecule has 0 atom stereocenters. The summed E-state index contributed by atoms with van der Waals surface area (Å²) in [5.74, 6) is 1.77. The third kappa shape index (κ3) is 4.79. The number of carbonyl (C=O) groups is 1. The fourth-order valence-corrected chi connectivity index (χ4v) is 3.98. The van der Waals surface area contributed by atoms with E-state index in [2.05, 4.69) is 11.9 Å². The number of hydrogen-bond donors (Lipinski definition) is 0. The van der Waals surface area contributed by atoms with Crippen LogP contribution in [0.2, 0.25) is 0 Å². The second-order valence-corrected chi connectivity index (χ2v) is 7.62. The summed E-state index contributed by atoms with van der Waals surface area (Å²) in [7, 11) is 5.08. The van der Waals surface area contributed by atoms with Crippen molar-refractivity contribution in [3.05, 3.63) is 46.8 Å². The molecule has 6 nitrogen and oxygen atoms in total. The van der Waals surface area contributed by atoms with Gasteiger partial charge in [0.25, 0.3) is 5.91 Å². The summed E-state index contributed by atoms with van der Waals surface area (Å²) < 4.78 is 19.3. The molecule has 0 unspecified atom stereocenters. The van der Waals surface area contributed by atoms with Crippen molar-refractivity contribution in [2.24, 2.45) is 12.0 Å². The minimum atomic E-state index is -0.288. The number of carbonyl (C=O) groups excluding carboxylic acids is 1. The minimum absolute atomic E-state index is 0.288. The number of benzene rings is 2. The van der Waals surface area contributed by atoms with Crippen molar-refractivity contribution >= 4 is 27.5 Å². The van der Waals surface area contributed by atoms with Crippen molar-refractivity contribution in [2.45, 2.75) is 26.2 Å². The fourth-order valence-electron chi connectivity index (χ4n) is 2.95. The first-order valence-corrected chi connectivity index (χ1v) is 10.4. The Morgan fingerprint density at radius 3 is 2.41 bits per heavy atom. The molecule has 7 heteroatoms. The van der Waals surface area contributed by atoms with Crippen LogP contribution in [0.5, 0.6) is 17.2 Å². The summed E-state index contributed by atoms with van der Waals surface area (Å²) >= 11 is 1.43. The molecular weight excluding hydrogens is 388 g/mol. The normalized spacial score (nSPS) is 11.7. The van der Waals surface area contributed by atoms with Crippen LogP contribution in [0, 0.1) is 0 Å². The Morgan fingerprint density at radius 1 is 1.07 bits per heavy atom. The molecule has 0 aliphatic heterocycles. The zero-order valence-corrected chi connectivity index (χ0v) is 18.0. The van der Waals surface area contributed by atoms with E-state index in [0.29, 0.717) is 28.5 Å². The highest BCUT2D eigenvalue weighted by Gasteiger charge is 2.12. The first-order valence-electron chi connectivity index (χ1n) is 9.60. The second kappa shape index (κ2) is 9.60. The van der Waals surface area contributed by atoms with Crippen molar-refractivity contribution in [3.8, 4) is 17.2 Å². The van der Waals surface area contributed by atoms with Gasteiger partial charge in [0.15, 0.2) is 16.3 Å². The Labute approximate surface area is 174 Å². The predicted octanol–water partition coefficient (Wildman–Crippen LogP) is 4.57. The number of unbranched alkanes of at least 4 members (excludes halogenated alkanes) is 2. The number of aryl methyl sites for hydroxylation is 1. The largest absolute Gasteiger partial charge is 0.494 e. The summed E-state index contributed by atoms with van der Waals surface area (Å²) in [6.07, 6.45) is 3.34. The van der Waals surface area contributed by atoms with Crippen LogP contribution in [0.25, 0.3) is 10.2 Å². The van der Waals surface area contributed by atoms with E-state index in [1.54, 1.807) is 26.4 Å². The van der Waals surface area contributed by atoms with Crippen molar-refractivity contribution < 1.29 is 19.0 Å². The maximum absolute atomic E-state index is 12.6. The first kappa shape index (κ1) is 20.9. The van der Waals surface area contributed by atoms with E-state index >= 15 is 0 Å². The fraction of sp³-hybridized carbons (Fsp3) is 0.364. The van der Waals surface area contributed by atoms with Gasteiger partial charge >= 0.3 is 0 Å². The maximum Gasteiger partial charge on any atom is 0.279 e. The minimum Gasteiger partial charge on any atom is -0.494 e. The van der Waals surface area contributed by atoms with E-state index in [1.807, 2.05) is 35.9 Å². The Morgan fingerprint density at radius 2 is 1.76 bits per heavy atom. The average molecular weight is 415 g/mol. The Balaban J connectivity index is 1.83. The third-order valence-electron chi connectivity index (χ3n) is 4.63. The number of aromatic nitrogens is 1. The molecule has 0 spiro atoms. The van der Waals surface area contributed by atoms with Crippen LogP contribution in [-0.2, 0) is 7.05 Å². The van der Waals surface area contributed by atoms with Gasteiger partial charge < -0.3 is 18.8 Å². The molecule has 0 bridgehead atoms. The van der Waals surface area contributed by atoms with Gasteiger partial charge in [0.1, 0.15) is 5.75 Å². The summed E-state index contributed by atoms with van der Waals surface area (Å²) in [5, 5.41) is 0. The molecule has 0 saturated carbocycles. The molecular formula is C22H26N2O4S. The SMILES string of the molecule is CCCCCOc1ccc(C(=O)N=c2sc3cc(OC)c(OC)cc3n2C)cc1. The van der Waals surface area contributed by atoms with Gasteiger partial charge in [-0.2, -0.15) is 4.99 Å². The zero-order chi connectivity index (χ0) is 20.8. The topological polar surface area (TPSA) is 62.1 Å². The van der Waals surface area contributed by atoms with Crippen LogP contribution in [-0.4, -0.2) is 31.3 Å². The summed E-state index contributed by atoms with van der Waals surface area (Å²) in [6.45, 7) is 2.85. The average Bonchev–Trinajstić information content (AvgIpc) is 3.05. The molecule has 0 fully saturated rings. The lowest BCUT2D eigenvalue weighted by atomic mass is 10.2. The quantitative estimate of drug-likeness (QED) is 0.507. The number of ether oxygens (including phenoxy) is 3. The molecule has 0 aliphatic rings. The molecule has 1 aromatic heterocycles. The van der Waals surface area contributed by atoms with Crippen molar-refractivity contribution in [1.29, 1.82) is 0 Å². The Bertz CT molecular complexity index is 1050. The van der Waals surface area contributed by atoms with Crippen LogP contribution < -0.4 is 19.0 Å². The number of rotatable bonds is 8. The summed E-state index contributed by atoms with van der Waals surface area (Å²) in [5.41, 5.74) is 1.45. The molecule has 1 heterocycles. The van der Waals surface area contributed by atoms with Gasteiger partial charge in [-0.15, -0.1) is 0 Å². The van der Waals surface area contributed by atoms with Crippen LogP contribution in [0.15, 0.2) is 41.4 Å². The van der Waals surface area contributed by atoms with Gasteiger partial charge in [-0.1, -0.05) is 31.1 Å². The van der Waals surface area contributed by atoms with E-state index in [1.165, 1.54) is 11.3 Å². The molecule has 0 N–H and O–H groups in total. The van der Waals surface area contributed by atoms with E-state index in [4.69, 9.17) is 14.2 Å². The van der Waals surface area contributed by atoms with Gasteiger partial charge in [-0.05, 0) is 30.7 Å². The lowest BCUT2D eigenvalue weighted by Crippen LogP contribution is -2.13. The molecule has 0 saturated heterocycles. The van der Waals surface area contributed by atoms with E-state index in [-0.39, 0.29) is 5.91 Å². The van der Waals surface area contributed by atoms with E-state index in [9.17, 15) is 4.79 Å². The van der Waals surface area contributed by atoms with Gasteiger partial charge in [0.2, 0.25) is 0 Å². The number of fused-ring (bicyclic) bond motifs is 1. The van der Waals surface area contributed by atoms with Gasteiger partial charge in [-0.25, -0.2) is 0 Å². The third-order valence-corrected chi connectivity index (χ3v) is 5.72. The van der Waals surface area contributed by atoms with Gasteiger partial charge in [0, 0.05) is 24.7 Å². The van der Waals surface area contributed by atoms with Crippen LogP contribution in [0.1, 0.15) is 36.5 Å². The van der Waals surface area contributed by atoms with Crippen LogP contribution in [0.3, 0.4) is 0 Å². The number of methoxy groups -OCH3 is 2. The zero-order valence-electron chi connectivity index (χ0n) is 17.2. The van der Waals surface area contributed by atoms with Crippen molar-refractivity contribution in [1.82, 2.24) is 4.57 Å². The molecule has 154 valence electrons. The molecule has 3 rings (SSSR count). The lowest BCUT2D eigenvalue weighted by molar-refractivity contribution is 0.0998. The predicted molar refractivity (Wildman–Crippen MR) is 115 cm³/mol. The van der Waals surface area contributed by atoms with Gasteiger partial charge in [0.05, 0.1) is 31.0 Å². The smallest absolute Gasteiger partial charge is 0.279 e. The Kier molecular flexibility index (Phi) is 6.93. The van der Waals surface area contributed by atoms with Crippen molar-refractivity contribution in [3.63, 3.8) is 0 Å². The number of thiazole rings is 1. The van der Waals surface area contributed by atoms with Crippen molar-refractivity contribution in [2.75, 3.05) is 20.8 Å². The second-order valence-electron chi connectivity index (χ2n) is 6.62. The molecule has 0 aliphatic carbocycles. The van der Waals surface area contributed by atoms with Crippen LogP contribution >= 0.6 is 11.3 Å².